The van der Waals surface area contributed by atoms with Gasteiger partial charge in [-0.1, -0.05) is 30.3 Å². The molecular formula is C21H26N2O4. The summed E-state index contributed by atoms with van der Waals surface area (Å²) in [5, 5.41) is 6.75. The molecule has 0 spiro atoms. The van der Waals surface area contributed by atoms with Crippen LogP contribution in [0.3, 0.4) is 0 Å². The number of hydrogen-bond acceptors (Lipinski definition) is 5. The van der Waals surface area contributed by atoms with E-state index >= 15 is 0 Å². The average Bonchev–Trinajstić information content (AvgIpc) is 2.68. The molecule has 0 aliphatic carbocycles. The van der Waals surface area contributed by atoms with Crippen molar-refractivity contribution in [1.82, 2.24) is 0 Å². The molecule has 2 aromatic rings. The van der Waals surface area contributed by atoms with E-state index in [9.17, 15) is 4.79 Å². The lowest BCUT2D eigenvalue weighted by Crippen LogP contribution is -2.18. The number of rotatable bonds is 9. The van der Waals surface area contributed by atoms with Crippen LogP contribution in [0.2, 0.25) is 0 Å². The summed E-state index contributed by atoms with van der Waals surface area (Å²) < 4.78 is 10.8. The first-order valence-corrected chi connectivity index (χ1v) is 8.93. The van der Waals surface area contributed by atoms with Crippen molar-refractivity contribution in [1.29, 1.82) is 0 Å². The molecule has 0 fully saturated rings. The number of nitrogens with one attached hydrogen (secondary N) is 1. The minimum atomic E-state index is -0.250. The minimum Gasteiger partial charge on any atom is -0.493 e. The first-order chi connectivity index (χ1) is 13.1. The van der Waals surface area contributed by atoms with Gasteiger partial charge in [0.2, 0.25) is 0 Å². The van der Waals surface area contributed by atoms with Gasteiger partial charge in [-0.2, -0.15) is 0 Å². The summed E-state index contributed by atoms with van der Waals surface area (Å²) in [6, 6.07) is 11.4. The van der Waals surface area contributed by atoms with Gasteiger partial charge in [0.25, 0.3) is 5.91 Å². The van der Waals surface area contributed by atoms with Gasteiger partial charge in [0.15, 0.2) is 18.1 Å². The molecule has 0 atom stereocenters. The Hall–Kier alpha value is -3.02. The lowest BCUT2D eigenvalue weighted by Gasteiger charge is -2.12. The van der Waals surface area contributed by atoms with Gasteiger partial charge in [-0.3, -0.25) is 4.79 Å². The van der Waals surface area contributed by atoms with Crippen molar-refractivity contribution in [3.63, 3.8) is 0 Å². The van der Waals surface area contributed by atoms with Gasteiger partial charge in [0.05, 0.1) is 19.9 Å². The van der Waals surface area contributed by atoms with Gasteiger partial charge < -0.3 is 19.6 Å². The van der Waals surface area contributed by atoms with E-state index in [0.29, 0.717) is 18.1 Å². The largest absolute Gasteiger partial charge is 0.493 e. The first-order valence-electron chi connectivity index (χ1n) is 8.93. The molecule has 0 aliphatic rings. The number of nitrogens with zero attached hydrogens (tertiary/aromatic N) is 1. The zero-order chi connectivity index (χ0) is 19.6. The van der Waals surface area contributed by atoms with Crippen molar-refractivity contribution >= 4 is 17.8 Å². The van der Waals surface area contributed by atoms with Crippen LogP contribution < -0.4 is 14.8 Å². The van der Waals surface area contributed by atoms with Crippen LogP contribution in [-0.2, 0) is 16.1 Å². The zero-order valence-electron chi connectivity index (χ0n) is 16.2. The predicted molar refractivity (Wildman–Crippen MR) is 107 cm³/mol. The third-order valence-electron chi connectivity index (χ3n) is 3.96. The summed E-state index contributed by atoms with van der Waals surface area (Å²) in [5.41, 5.74) is 3.73. The van der Waals surface area contributed by atoms with Crippen molar-refractivity contribution in [2.75, 3.05) is 25.6 Å². The van der Waals surface area contributed by atoms with Crippen molar-refractivity contribution in [3.8, 4) is 11.5 Å². The quantitative estimate of drug-likeness (QED) is 0.536. The molecule has 0 bridgehead atoms. The number of methoxy groups -OCH3 is 1. The summed E-state index contributed by atoms with van der Waals surface area (Å²) in [5.74, 6) is 1.04. The van der Waals surface area contributed by atoms with Crippen LogP contribution in [0.15, 0.2) is 41.6 Å². The van der Waals surface area contributed by atoms with Crippen LogP contribution in [0.1, 0.15) is 30.5 Å². The van der Waals surface area contributed by atoms with Crippen molar-refractivity contribution < 1.29 is 19.1 Å². The van der Waals surface area contributed by atoms with E-state index in [1.165, 1.54) is 6.21 Å². The van der Waals surface area contributed by atoms with Crippen LogP contribution in [0, 0.1) is 6.92 Å². The molecule has 27 heavy (non-hydrogen) atoms. The van der Waals surface area contributed by atoms with E-state index < -0.39 is 0 Å². The Morgan fingerprint density at radius 3 is 2.70 bits per heavy atom. The molecule has 144 valence electrons. The molecule has 0 aromatic heterocycles. The lowest BCUT2D eigenvalue weighted by molar-refractivity contribution is -0.120. The molecule has 2 rings (SSSR count). The van der Waals surface area contributed by atoms with Crippen molar-refractivity contribution in [3.05, 3.63) is 53.1 Å². The number of ether oxygens (including phenoxy) is 2. The second kappa shape index (κ2) is 10.2. The normalized spacial score (nSPS) is 10.7. The van der Waals surface area contributed by atoms with E-state index in [2.05, 4.69) is 17.4 Å². The molecule has 1 amide bonds. The molecule has 1 N–H and O–H groups in total. The monoisotopic (exact) mass is 370 g/mol. The van der Waals surface area contributed by atoms with Gasteiger partial charge in [-0.15, -0.1) is 0 Å². The van der Waals surface area contributed by atoms with Crippen molar-refractivity contribution in [2.45, 2.75) is 27.2 Å². The van der Waals surface area contributed by atoms with Gasteiger partial charge in [-0.25, -0.2) is 0 Å². The maximum Gasteiger partial charge on any atom is 0.265 e. The SMILES string of the molecule is CCOc1ccc(C=NOCC(=O)Nc2c(C)cccc2CC)cc1OC. The zero-order valence-corrected chi connectivity index (χ0v) is 16.2. The summed E-state index contributed by atoms with van der Waals surface area (Å²) in [6.45, 7) is 6.32. The second-order valence-corrected chi connectivity index (χ2v) is 5.86. The number of anilines is 1. The third-order valence-corrected chi connectivity index (χ3v) is 3.96. The second-order valence-electron chi connectivity index (χ2n) is 5.86. The molecule has 6 heteroatoms. The highest BCUT2D eigenvalue weighted by molar-refractivity contribution is 5.93. The molecule has 0 radical (unpaired) electrons. The number of carbonyl (C=O) groups is 1. The molecule has 0 aliphatic heterocycles. The highest BCUT2D eigenvalue weighted by Crippen LogP contribution is 2.27. The van der Waals surface area contributed by atoms with Crippen LogP contribution in [0.5, 0.6) is 11.5 Å². The van der Waals surface area contributed by atoms with Gasteiger partial charge >= 0.3 is 0 Å². The first kappa shape index (κ1) is 20.3. The topological polar surface area (TPSA) is 69.2 Å². The number of amides is 1. The van der Waals surface area contributed by atoms with E-state index in [-0.39, 0.29) is 12.5 Å². The van der Waals surface area contributed by atoms with Gasteiger partial charge in [-0.05, 0) is 49.6 Å². The van der Waals surface area contributed by atoms with E-state index in [4.69, 9.17) is 14.3 Å². The summed E-state index contributed by atoms with van der Waals surface area (Å²) >= 11 is 0. The fraction of sp³-hybridized carbons (Fsp3) is 0.333. The highest BCUT2D eigenvalue weighted by Gasteiger charge is 2.09. The number of oxime groups is 1. The Balaban J connectivity index is 1.91. The molecule has 0 unspecified atom stereocenters. The fourth-order valence-electron chi connectivity index (χ4n) is 2.61. The van der Waals surface area contributed by atoms with Gasteiger partial charge in [0.1, 0.15) is 0 Å². The molecule has 6 nitrogen and oxygen atoms in total. The Labute approximate surface area is 160 Å². The maximum absolute atomic E-state index is 12.1. The van der Waals surface area contributed by atoms with Crippen LogP contribution in [0.25, 0.3) is 0 Å². The Kier molecular flexibility index (Phi) is 7.67. The standard InChI is InChI=1S/C21H26N2O4/c1-5-17-9-7-8-15(3)21(17)23-20(24)14-27-22-13-16-10-11-18(26-6-2)19(12-16)25-4/h7-13H,5-6,14H2,1-4H3,(H,23,24). The Bertz CT molecular complexity index is 803. The predicted octanol–water partition coefficient (Wildman–Crippen LogP) is 3.95. The maximum atomic E-state index is 12.1. The third kappa shape index (κ3) is 5.74. The van der Waals surface area contributed by atoms with Crippen LogP contribution in [-0.4, -0.2) is 32.4 Å². The number of hydrogen-bond donors (Lipinski definition) is 1. The number of para-hydroxylation sites is 1. The summed E-state index contributed by atoms with van der Waals surface area (Å²) in [4.78, 5) is 17.2. The molecule has 2 aromatic carbocycles. The molecule has 0 heterocycles. The average molecular weight is 370 g/mol. The minimum absolute atomic E-state index is 0.165. The smallest absolute Gasteiger partial charge is 0.265 e. The molecule has 0 saturated carbocycles. The Morgan fingerprint density at radius 1 is 1.19 bits per heavy atom. The van der Waals surface area contributed by atoms with E-state index in [1.54, 1.807) is 19.2 Å². The highest BCUT2D eigenvalue weighted by atomic mass is 16.6. The number of benzene rings is 2. The lowest BCUT2D eigenvalue weighted by atomic mass is 10.1. The fourth-order valence-corrected chi connectivity index (χ4v) is 2.61. The Morgan fingerprint density at radius 2 is 2.00 bits per heavy atom. The van der Waals surface area contributed by atoms with E-state index in [0.717, 1.165) is 28.8 Å². The molecule has 0 saturated heterocycles. The van der Waals surface area contributed by atoms with Crippen LogP contribution >= 0.6 is 0 Å². The van der Waals surface area contributed by atoms with E-state index in [1.807, 2.05) is 38.1 Å². The molecular weight excluding hydrogens is 344 g/mol. The number of aryl methyl sites for hydroxylation is 2. The number of carbonyl (C=O) groups excluding carboxylic acids is 1. The van der Waals surface area contributed by atoms with Gasteiger partial charge in [0, 0.05) is 11.3 Å². The summed E-state index contributed by atoms with van der Waals surface area (Å²) in [6.07, 6.45) is 2.37. The summed E-state index contributed by atoms with van der Waals surface area (Å²) in [7, 11) is 1.58. The van der Waals surface area contributed by atoms with Crippen LogP contribution in [0.4, 0.5) is 5.69 Å². The van der Waals surface area contributed by atoms with Crippen molar-refractivity contribution in [2.24, 2.45) is 5.16 Å².